The second kappa shape index (κ2) is 9.11. The first-order valence-corrected chi connectivity index (χ1v) is 10.5. The van der Waals surface area contributed by atoms with Gasteiger partial charge in [0.15, 0.2) is 5.76 Å². The Bertz CT molecular complexity index is 764. The number of likely N-dealkylation sites (tertiary alicyclic amines) is 1. The molecule has 2 fully saturated rings. The van der Waals surface area contributed by atoms with Crippen LogP contribution in [0.5, 0.6) is 0 Å². The zero-order valence-corrected chi connectivity index (χ0v) is 17.1. The van der Waals surface area contributed by atoms with Crippen molar-refractivity contribution in [2.75, 3.05) is 52.5 Å². The number of rotatable bonds is 6. The summed E-state index contributed by atoms with van der Waals surface area (Å²) < 4.78 is 11.0. The molecule has 0 amide bonds. The molecule has 28 heavy (non-hydrogen) atoms. The minimum atomic E-state index is 0.452. The molecule has 0 N–H and O–H groups in total. The standard InChI is InChI=1S/C21H31N5O2/c1-3-20-22-15-18(19-14-16(2)24-28-19)21(23-20)17-4-6-25(7-5-17)8-9-26-10-12-27-13-11-26/h14-15,17H,3-13H2,1-2H3. The number of aryl methyl sites for hydroxylation is 2. The summed E-state index contributed by atoms with van der Waals surface area (Å²) in [4.78, 5) is 14.5. The number of ether oxygens (including phenoxy) is 1. The Balaban J connectivity index is 1.40. The van der Waals surface area contributed by atoms with Gasteiger partial charge in [-0.1, -0.05) is 12.1 Å². The van der Waals surface area contributed by atoms with Crippen LogP contribution >= 0.6 is 0 Å². The molecule has 2 aliphatic rings. The average molecular weight is 386 g/mol. The van der Waals surface area contributed by atoms with Crippen molar-refractivity contribution in [2.45, 2.75) is 39.0 Å². The highest BCUT2D eigenvalue weighted by atomic mass is 16.5. The predicted octanol–water partition coefficient (Wildman–Crippen LogP) is 2.51. The first kappa shape index (κ1) is 19.5. The van der Waals surface area contributed by atoms with E-state index in [1.54, 1.807) is 0 Å². The fourth-order valence-electron chi connectivity index (χ4n) is 4.13. The summed E-state index contributed by atoms with van der Waals surface area (Å²) in [6.45, 7) is 12.5. The third kappa shape index (κ3) is 4.59. The minimum absolute atomic E-state index is 0.452. The zero-order valence-electron chi connectivity index (χ0n) is 17.1. The third-order valence-corrected chi connectivity index (χ3v) is 5.89. The predicted molar refractivity (Wildman–Crippen MR) is 107 cm³/mol. The molecule has 4 heterocycles. The van der Waals surface area contributed by atoms with E-state index in [1.807, 2.05) is 19.2 Å². The molecule has 2 saturated heterocycles. The Morgan fingerprint density at radius 3 is 2.43 bits per heavy atom. The quantitative estimate of drug-likeness (QED) is 0.757. The van der Waals surface area contributed by atoms with E-state index in [9.17, 15) is 0 Å². The van der Waals surface area contributed by atoms with E-state index in [2.05, 4.69) is 26.9 Å². The topological polar surface area (TPSA) is 67.5 Å². The molecule has 7 heteroatoms. The van der Waals surface area contributed by atoms with Crippen molar-refractivity contribution in [2.24, 2.45) is 0 Å². The summed E-state index contributed by atoms with van der Waals surface area (Å²) in [6.07, 6.45) is 5.03. The molecule has 152 valence electrons. The lowest BCUT2D eigenvalue weighted by Gasteiger charge is -2.34. The van der Waals surface area contributed by atoms with E-state index >= 15 is 0 Å². The molecule has 7 nitrogen and oxygen atoms in total. The van der Waals surface area contributed by atoms with Gasteiger partial charge in [0.25, 0.3) is 0 Å². The Morgan fingerprint density at radius 2 is 1.79 bits per heavy atom. The van der Waals surface area contributed by atoms with Gasteiger partial charge in [-0.15, -0.1) is 0 Å². The van der Waals surface area contributed by atoms with Crippen LogP contribution < -0.4 is 0 Å². The lowest BCUT2D eigenvalue weighted by molar-refractivity contribution is 0.0320. The molecular weight excluding hydrogens is 354 g/mol. The fraction of sp³-hybridized carbons (Fsp3) is 0.667. The average Bonchev–Trinajstić information content (AvgIpc) is 3.19. The summed E-state index contributed by atoms with van der Waals surface area (Å²) >= 11 is 0. The van der Waals surface area contributed by atoms with Gasteiger partial charge in [-0.3, -0.25) is 4.90 Å². The second-order valence-corrected chi connectivity index (χ2v) is 7.84. The van der Waals surface area contributed by atoms with Crippen molar-refractivity contribution in [3.05, 3.63) is 29.5 Å². The number of hydrogen-bond donors (Lipinski definition) is 0. The van der Waals surface area contributed by atoms with E-state index in [0.717, 1.165) is 100 Å². The Morgan fingerprint density at radius 1 is 1.07 bits per heavy atom. The molecule has 0 aliphatic carbocycles. The van der Waals surface area contributed by atoms with Crippen LogP contribution in [0.3, 0.4) is 0 Å². The Labute approximate surface area is 167 Å². The van der Waals surface area contributed by atoms with Crippen LogP contribution in [-0.4, -0.2) is 77.4 Å². The first-order chi connectivity index (χ1) is 13.7. The number of nitrogens with zero attached hydrogens (tertiary/aromatic N) is 5. The van der Waals surface area contributed by atoms with Crippen LogP contribution in [0, 0.1) is 6.92 Å². The lowest BCUT2D eigenvalue weighted by atomic mass is 9.90. The van der Waals surface area contributed by atoms with E-state index in [-0.39, 0.29) is 0 Å². The van der Waals surface area contributed by atoms with Gasteiger partial charge in [0.1, 0.15) is 5.82 Å². The molecule has 0 unspecified atom stereocenters. The maximum atomic E-state index is 5.53. The van der Waals surface area contributed by atoms with Gasteiger partial charge in [-0.05, 0) is 32.9 Å². The maximum Gasteiger partial charge on any atom is 0.170 e. The van der Waals surface area contributed by atoms with Gasteiger partial charge in [0.05, 0.1) is 30.2 Å². The van der Waals surface area contributed by atoms with Gasteiger partial charge in [-0.25, -0.2) is 9.97 Å². The Hall–Kier alpha value is -1.83. The maximum absolute atomic E-state index is 5.53. The van der Waals surface area contributed by atoms with Crippen molar-refractivity contribution >= 4 is 0 Å². The summed E-state index contributed by atoms with van der Waals surface area (Å²) in [5, 5.41) is 4.05. The molecule has 0 atom stereocenters. The molecule has 0 bridgehead atoms. The highest BCUT2D eigenvalue weighted by Crippen LogP contribution is 2.34. The minimum Gasteiger partial charge on any atom is -0.379 e. The van der Waals surface area contributed by atoms with Gasteiger partial charge < -0.3 is 14.2 Å². The molecule has 0 radical (unpaired) electrons. The third-order valence-electron chi connectivity index (χ3n) is 5.89. The van der Waals surface area contributed by atoms with Crippen LogP contribution in [0.15, 0.2) is 16.8 Å². The van der Waals surface area contributed by atoms with E-state index in [1.165, 1.54) is 0 Å². The van der Waals surface area contributed by atoms with Crippen molar-refractivity contribution < 1.29 is 9.26 Å². The van der Waals surface area contributed by atoms with E-state index in [4.69, 9.17) is 14.2 Å². The van der Waals surface area contributed by atoms with Crippen LogP contribution in [0.4, 0.5) is 0 Å². The summed E-state index contributed by atoms with van der Waals surface area (Å²) in [5.41, 5.74) is 3.03. The number of piperidine rings is 1. The van der Waals surface area contributed by atoms with Crippen LogP contribution in [0.25, 0.3) is 11.3 Å². The van der Waals surface area contributed by atoms with Crippen molar-refractivity contribution in [3.8, 4) is 11.3 Å². The van der Waals surface area contributed by atoms with Gasteiger partial charge >= 0.3 is 0 Å². The number of hydrogen-bond acceptors (Lipinski definition) is 7. The Kier molecular flexibility index (Phi) is 6.34. The van der Waals surface area contributed by atoms with Gasteiger partial charge in [0.2, 0.25) is 0 Å². The van der Waals surface area contributed by atoms with Crippen LogP contribution in [-0.2, 0) is 11.2 Å². The highest BCUT2D eigenvalue weighted by Gasteiger charge is 2.26. The van der Waals surface area contributed by atoms with Crippen molar-refractivity contribution in [1.29, 1.82) is 0 Å². The van der Waals surface area contributed by atoms with Gasteiger partial charge in [-0.2, -0.15) is 0 Å². The van der Waals surface area contributed by atoms with Crippen LogP contribution in [0.2, 0.25) is 0 Å². The van der Waals surface area contributed by atoms with Crippen molar-refractivity contribution in [1.82, 2.24) is 24.9 Å². The summed E-state index contributed by atoms with van der Waals surface area (Å²) in [7, 11) is 0. The molecule has 2 aromatic rings. The number of aromatic nitrogens is 3. The smallest absolute Gasteiger partial charge is 0.170 e. The zero-order chi connectivity index (χ0) is 19.3. The molecular formula is C21H31N5O2. The molecule has 4 rings (SSSR count). The molecule has 2 aromatic heterocycles. The summed E-state index contributed by atoms with van der Waals surface area (Å²) in [5.74, 6) is 2.14. The fourth-order valence-corrected chi connectivity index (χ4v) is 4.13. The van der Waals surface area contributed by atoms with Crippen molar-refractivity contribution in [3.63, 3.8) is 0 Å². The van der Waals surface area contributed by atoms with Gasteiger partial charge in [0, 0.05) is 50.8 Å². The highest BCUT2D eigenvalue weighted by molar-refractivity contribution is 5.60. The number of morpholine rings is 1. The summed E-state index contributed by atoms with van der Waals surface area (Å²) in [6, 6.07) is 1.98. The molecule has 2 aliphatic heterocycles. The largest absolute Gasteiger partial charge is 0.379 e. The second-order valence-electron chi connectivity index (χ2n) is 7.84. The lowest BCUT2D eigenvalue weighted by Crippen LogP contribution is -2.43. The SMILES string of the molecule is CCc1ncc(-c2cc(C)no2)c(C2CCN(CCN3CCOCC3)CC2)n1. The monoisotopic (exact) mass is 385 g/mol. The molecule has 0 spiro atoms. The van der Waals surface area contributed by atoms with E-state index in [0.29, 0.717) is 5.92 Å². The molecule has 0 saturated carbocycles. The first-order valence-electron chi connectivity index (χ1n) is 10.5. The van der Waals surface area contributed by atoms with E-state index < -0.39 is 0 Å². The molecule has 0 aromatic carbocycles. The van der Waals surface area contributed by atoms with Crippen LogP contribution in [0.1, 0.15) is 42.9 Å². The normalized spacial score (nSPS) is 19.9.